The van der Waals surface area contributed by atoms with E-state index in [9.17, 15) is 0 Å². The minimum absolute atomic E-state index is 1.01. The van der Waals surface area contributed by atoms with Crippen molar-refractivity contribution < 1.29 is 0 Å². The average Bonchev–Trinajstić information content (AvgIpc) is 2.36. The van der Waals surface area contributed by atoms with Crippen molar-refractivity contribution in [3.05, 3.63) is 23.5 Å². The van der Waals surface area contributed by atoms with Crippen molar-refractivity contribution in [3.8, 4) is 0 Å². The number of nitrogens with zero attached hydrogens (tertiary/aromatic N) is 1. The molecule has 1 aromatic rings. The summed E-state index contributed by atoms with van der Waals surface area (Å²) in [5.74, 6) is 0. The minimum atomic E-state index is 1.01. The summed E-state index contributed by atoms with van der Waals surface area (Å²) in [6.45, 7) is 4.12. The van der Waals surface area contributed by atoms with E-state index in [2.05, 4.69) is 23.2 Å². The maximum atomic E-state index is 3.94. The van der Waals surface area contributed by atoms with Gasteiger partial charge in [-0.05, 0) is 13.3 Å². The van der Waals surface area contributed by atoms with Gasteiger partial charge in [0.2, 0.25) is 0 Å². The lowest BCUT2D eigenvalue weighted by Gasteiger charge is -1.89. The van der Waals surface area contributed by atoms with E-state index in [1.807, 2.05) is 19.2 Å². The van der Waals surface area contributed by atoms with Gasteiger partial charge >= 0.3 is 0 Å². The number of aromatic nitrogens is 2. The molecule has 0 saturated heterocycles. The Labute approximate surface area is 61.0 Å². The van der Waals surface area contributed by atoms with Crippen molar-refractivity contribution in [2.45, 2.75) is 20.3 Å². The fraction of sp³-hybridized carbons (Fsp3) is 0.375. The molecular weight excluding hydrogens is 124 g/mol. The molecule has 54 valence electrons. The second-order valence-electron chi connectivity index (χ2n) is 2.16. The zero-order valence-corrected chi connectivity index (χ0v) is 6.39. The van der Waals surface area contributed by atoms with Crippen LogP contribution in [0.4, 0.5) is 0 Å². The highest BCUT2D eigenvalue weighted by atomic mass is 15.1. The molecule has 10 heavy (non-hydrogen) atoms. The van der Waals surface area contributed by atoms with Gasteiger partial charge < -0.3 is 0 Å². The Kier molecular flexibility index (Phi) is 2.26. The minimum Gasteiger partial charge on any atom is -0.282 e. The number of rotatable bonds is 2. The molecule has 1 rings (SSSR count). The number of allylic oxidation sites excluding steroid dienone is 1. The first-order valence-electron chi connectivity index (χ1n) is 3.53. The van der Waals surface area contributed by atoms with Gasteiger partial charge in [-0.2, -0.15) is 5.10 Å². The fourth-order valence-corrected chi connectivity index (χ4v) is 0.929. The average molecular weight is 136 g/mol. The van der Waals surface area contributed by atoms with Crippen molar-refractivity contribution in [1.82, 2.24) is 10.2 Å². The third-order valence-electron chi connectivity index (χ3n) is 1.45. The highest BCUT2D eigenvalue weighted by molar-refractivity contribution is 5.50. The van der Waals surface area contributed by atoms with E-state index in [1.165, 1.54) is 11.3 Å². The summed E-state index contributed by atoms with van der Waals surface area (Å²) in [5, 5.41) is 6.87. The van der Waals surface area contributed by atoms with Crippen molar-refractivity contribution in [1.29, 1.82) is 0 Å². The number of nitrogens with one attached hydrogen (secondary N) is 1. The molecule has 0 aromatic carbocycles. The van der Waals surface area contributed by atoms with Crippen molar-refractivity contribution in [3.63, 3.8) is 0 Å². The molecule has 1 heterocycles. The maximum Gasteiger partial charge on any atom is 0.0562 e. The highest BCUT2D eigenvalue weighted by Gasteiger charge is 1.96. The van der Waals surface area contributed by atoms with Crippen LogP contribution in [-0.4, -0.2) is 10.2 Å². The zero-order valence-electron chi connectivity index (χ0n) is 6.39. The number of hydrogen-bond acceptors (Lipinski definition) is 1. The molecule has 2 heteroatoms. The molecule has 0 aliphatic heterocycles. The SMILES string of the molecule is C/C=C\c1cn[nH]c1CC. The summed E-state index contributed by atoms with van der Waals surface area (Å²) < 4.78 is 0. The van der Waals surface area contributed by atoms with Crippen LogP contribution < -0.4 is 0 Å². The first-order chi connectivity index (χ1) is 4.88. The predicted octanol–water partition coefficient (Wildman–Crippen LogP) is 2.01. The second kappa shape index (κ2) is 3.20. The van der Waals surface area contributed by atoms with Gasteiger partial charge in [0.1, 0.15) is 0 Å². The summed E-state index contributed by atoms with van der Waals surface area (Å²) in [7, 11) is 0. The quantitative estimate of drug-likeness (QED) is 0.661. The van der Waals surface area contributed by atoms with Crippen LogP contribution in [0.2, 0.25) is 0 Å². The summed E-state index contributed by atoms with van der Waals surface area (Å²) >= 11 is 0. The van der Waals surface area contributed by atoms with E-state index < -0.39 is 0 Å². The van der Waals surface area contributed by atoms with E-state index in [0.29, 0.717) is 0 Å². The molecule has 0 atom stereocenters. The zero-order chi connectivity index (χ0) is 7.40. The van der Waals surface area contributed by atoms with Crippen LogP contribution in [0.3, 0.4) is 0 Å². The number of hydrogen-bond donors (Lipinski definition) is 1. The largest absolute Gasteiger partial charge is 0.282 e. The van der Waals surface area contributed by atoms with Gasteiger partial charge in [0.25, 0.3) is 0 Å². The van der Waals surface area contributed by atoms with Crippen LogP contribution in [0.1, 0.15) is 25.1 Å². The van der Waals surface area contributed by atoms with Crippen LogP contribution in [0.5, 0.6) is 0 Å². The van der Waals surface area contributed by atoms with Crippen molar-refractivity contribution in [2.24, 2.45) is 0 Å². The number of H-pyrrole nitrogens is 1. The standard InChI is InChI=1S/C8H12N2/c1-3-5-7-6-9-10-8(7)4-2/h3,5-6H,4H2,1-2H3,(H,9,10)/b5-3-. The third kappa shape index (κ3) is 1.26. The Morgan fingerprint density at radius 1 is 1.70 bits per heavy atom. The molecule has 0 bridgehead atoms. The van der Waals surface area contributed by atoms with E-state index in [-0.39, 0.29) is 0 Å². The van der Waals surface area contributed by atoms with Gasteiger partial charge in [0.15, 0.2) is 0 Å². The first-order valence-corrected chi connectivity index (χ1v) is 3.53. The maximum absolute atomic E-state index is 3.94. The second-order valence-corrected chi connectivity index (χ2v) is 2.16. The van der Waals surface area contributed by atoms with E-state index in [0.717, 1.165) is 6.42 Å². The summed E-state index contributed by atoms with van der Waals surface area (Å²) in [4.78, 5) is 0. The molecule has 0 radical (unpaired) electrons. The van der Waals surface area contributed by atoms with Gasteiger partial charge in [-0.3, -0.25) is 5.10 Å². The molecule has 0 unspecified atom stereocenters. The topological polar surface area (TPSA) is 28.7 Å². The van der Waals surface area contributed by atoms with E-state index in [4.69, 9.17) is 0 Å². The summed E-state index contributed by atoms with van der Waals surface area (Å²) in [6.07, 6.45) is 6.94. The normalized spacial score (nSPS) is 11.0. The van der Waals surface area contributed by atoms with Gasteiger partial charge in [0, 0.05) is 11.3 Å². The van der Waals surface area contributed by atoms with E-state index in [1.54, 1.807) is 0 Å². The lowest BCUT2D eigenvalue weighted by molar-refractivity contribution is 0.973. The summed E-state index contributed by atoms with van der Waals surface area (Å²) in [6, 6.07) is 0. The molecule has 1 N–H and O–H groups in total. The van der Waals surface area contributed by atoms with Gasteiger partial charge in [-0.1, -0.05) is 19.1 Å². The lowest BCUT2D eigenvalue weighted by Crippen LogP contribution is -1.81. The smallest absolute Gasteiger partial charge is 0.0562 e. The van der Waals surface area contributed by atoms with Crippen LogP contribution in [-0.2, 0) is 6.42 Å². The Bertz CT molecular complexity index is 223. The van der Waals surface area contributed by atoms with Crippen LogP contribution in [0.15, 0.2) is 12.3 Å². The number of aryl methyl sites for hydroxylation is 1. The predicted molar refractivity (Wildman–Crippen MR) is 42.7 cm³/mol. The molecule has 0 aliphatic carbocycles. The molecular formula is C8H12N2. The van der Waals surface area contributed by atoms with Gasteiger partial charge in [0.05, 0.1) is 6.20 Å². The van der Waals surface area contributed by atoms with Crippen LogP contribution in [0.25, 0.3) is 6.08 Å². The highest BCUT2D eigenvalue weighted by Crippen LogP contribution is 2.06. The lowest BCUT2D eigenvalue weighted by atomic mass is 10.2. The molecule has 0 aliphatic rings. The molecule has 0 amide bonds. The molecule has 1 aromatic heterocycles. The molecule has 0 saturated carbocycles. The van der Waals surface area contributed by atoms with Gasteiger partial charge in [-0.25, -0.2) is 0 Å². The molecule has 0 fully saturated rings. The van der Waals surface area contributed by atoms with Crippen LogP contribution in [0, 0.1) is 0 Å². The van der Waals surface area contributed by atoms with E-state index >= 15 is 0 Å². The Balaban J connectivity index is 2.90. The van der Waals surface area contributed by atoms with Crippen molar-refractivity contribution in [2.75, 3.05) is 0 Å². The van der Waals surface area contributed by atoms with Crippen molar-refractivity contribution >= 4 is 6.08 Å². The summed E-state index contributed by atoms with van der Waals surface area (Å²) in [5.41, 5.74) is 2.41. The van der Waals surface area contributed by atoms with Gasteiger partial charge in [-0.15, -0.1) is 0 Å². The molecule has 0 spiro atoms. The first kappa shape index (κ1) is 7.06. The Morgan fingerprint density at radius 3 is 3.10 bits per heavy atom. The molecule has 2 nitrogen and oxygen atoms in total. The third-order valence-corrected chi connectivity index (χ3v) is 1.45. The fourth-order valence-electron chi connectivity index (χ4n) is 0.929. The number of aromatic amines is 1. The monoisotopic (exact) mass is 136 g/mol. The Hall–Kier alpha value is -1.05. The van der Waals surface area contributed by atoms with Crippen LogP contribution >= 0.6 is 0 Å². The Morgan fingerprint density at radius 2 is 2.50 bits per heavy atom.